The van der Waals surface area contributed by atoms with Crippen LogP contribution in [0, 0.1) is 13.8 Å². The number of hydrogen-bond acceptors (Lipinski definition) is 4. The van der Waals surface area contributed by atoms with Gasteiger partial charge in [-0.25, -0.2) is 8.42 Å². The normalized spacial score (nSPS) is 17.9. The zero-order chi connectivity index (χ0) is 20.6. The third-order valence-electron chi connectivity index (χ3n) is 5.15. The maximum absolute atomic E-state index is 12.8. The van der Waals surface area contributed by atoms with Gasteiger partial charge in [-0.05, 0) is 49.6 Å². The van der Waals surface area contributed by atoms with E-state index < -0.39 is 9.84 Å². The maximum Gasteiger partial charge on any atom is 0.276 e. The summed E-state index contributed by atoms with van der Waals surface area (Å²) in [4.78, 5) is 12.8. The molecule has 4 rings (SSSR count). The Morgan fingerprint density at radius 2 is 1.83 bits per heavy atom. The van der Waals surface area contributed by atoms with Crippen molar-refractivity contribution in [2.75, 3.05) is 16.8 Å². The van der Waals surface area contributed by atoms with Gasteiger partial charge in [0.15, 0.2) is 15.5 Å². The highest BCUT2D eigenvalue weighted by molar-refractivity contribution is 7.91. The molecule has 6 nitrogen and oxygen atoms in total. The van der Waals surface area contributed by atoms with Crippen molar-refractivity contribution in [2.24, 2.45) is 0 Å². The van der Waals surface area contributed by atoms with Crippen LogP contribution in [0.15, 0.2) is 54.6 Å². The minimum atomic E-state index is -3.07. The fourth-order valence-corrected chi connectivity index (χ4v) is 5.30. The highest BCUT2D eigenvalue weighted by atomic mass is 32.2. The van der Waals surface area contributed by atoms with Crippen LogP contribution < -0.4 is 5.32 Å². The average Bonchev–Trinajstić information content (AvgIpc) is 3.26. The van der Waals surface area contributed by atoms with Gasteiger partial charge in [0.2, 0.25) is 0 Å². The van der Waals surface area contributed by atoms with Crippen LogP contribution >= 0.6 is 0 Å². The molecular weight excluding hydrogens is 386 g/mol. The Balaban J connectivity index is 1.71. The molecular formula is C22H23N3O3S. The predicted octanol–water partition coefficient (Wildman–Crippen LogP) is 3.78. The summed E-state index contributed by atoms with van der Waals surface area (Å²) >= 11 is 0. The molecule has 1 saturated heterocycles. The van der Waals surface area contributed by atoms with Crippen LogP contribution in [0.25, 0.3) is 11.3 Å². The first kappa shape index (κ1) is 19.4. The number of benzene rings is 2. The van der Waals surface area contributed by atoms with Crippen LogP contribution in [-0.2, 0) is 9.84 Å². The van der Waals surface area contributed by atoms with Crippen molar-refractivity contribution in [3.8, 4) is 11.3 Å². The molecule has 2 heterocycles. The van der Waals surface area contributed by atoms with Crippen LogP contribution in [0.4, 0.5) is 5.69 Å². The van der Waals surface area contributed by atoms with Gasteiger partial charge in [0.1, 0.15) is 0 Å². The Bertz CT molecular complexity index is 1160. The van der Waals surface area contributed by atoms with E-state index in [1.165, 1.54) is 0 Å². The molecule has 0 spiro atoms. The summed E-state index contributed by atoms with van der Waals surface area (Å²) in [5.41, 5.74) is 4.80. The van der Waals surface area contributed by atoms with Gasteiger partial charge in [0.05, 0.1) is 23.2 Å². The van der Waals surface area contributed by atoms with Crippen LogP contribution in [0.2, 0.25) is 0 Å². The van der Waals surface area contributed by atoms with Gasteiger partial charge < -0.3 is 5.32 Å². The third-order valence-corrected chi connectivity index (χ3v) is 6.90. The molecule has 0 aliphatic carbocycles. The Labute approximate surface area is 170 Å². The second kappa shape index (κ2) is 7.48. The van der Waals surface area contributed by atoms with Gasteiger partial charge in [-0.15, -0.1) is 0 Å². The molecule has 1 aliphatic rings. The molecule has 150 valence electrons. The number of nitrogens with one attached hydrogen (secondary N) is 1. The molecule has 3 aromatic rings. The van der Waals surface area contributed by atoms with E-state index in [-0.39, 0.29) is 29.1 Å². The lowest BCUT2D eigenvalue weighted by molar-refractivity contribution is 0.102. The van der Waals surface area contributed by atoms with Crippen LogP contribution in [0.3, 0.4) is 0 Å². The number of aromatic nitrogens is 2. The number of anilines is 1. The summed E-state index contributed by atoms with van der Waals surface area (Å²) in [5.74, 6) is -0.120. The van der Waals surface area contributed by atoms with Gasteiger partial charge in [0, 0.05) is 5.69 Å². The standard InChI is InChI=1S/C22H23N3O3S/c1-15-6-8-17(9-7-15)21-13-20(22(26)23-18-5-3-4-16(2)12-18)24-25(21)19-10-11-29(27,28)14-19/h3-9,12-13,19H,10-11,14H2,1-2H3,(H,23,26)/t19-/m1/s1. The fourth-order valence-electron chi connectivity index (χ4n) is 3.61. The zero-order valence-electron chi connectivity index (χ0n) is 16.4. The zero-order valence-corrected chi connectivity index (χ0v) is 17.2. The van der Waals surface area contributed by atoms with E-state index in [1.807, 2.05) is 62.4 Å². The smallest absolute Gasteiger partial charge is 0.276 e. The molecule has 1 amide bonds. The van der Waals surface area contributed by atoms with Crippen molar-refractivity contribution < 1.29 is 13.2 Å². The first-order chi connectivity index (χ1) is 13.8. The number of aryl methyl sites for hydroxylation is 2. The molecule has 1 atom stereocenters. The SMILES string of the molecule is Cc1ccc(-c2cc(C(=O)Nc3cccc(C)c3)nn2[C@@H]2CCS(=O)(=O)C2)cc1. The van der Waals surface area contributed by atoms with E-state index in [9.17, 15) is 13.2 Å². The van der Waals surface area contributed by atoms with Crippen molar-refractivity contribution in [3.05, 3.63) is 71.4 Å². The summed E-state index contributed by atoms with van der Waals surface area (Å²) in [6.45, 7) is 3.96. The van der Waals surface area contributed by atoms with Crippen molar-refractivity contribution in [2.45, 2.75) is 26.3 Å². The predicted molar refractivity (Wildman–Crippen MR) is 114 cm³/mol. The number of nitrogens with zero attached hydrogens (tertiary/aromatic N) is 2. The number of sulfone groups is 1. The van der Waals surface area contributed by atoms with Gasteiger partial charge in [-0.2, -0.15) is 5.10 Å². The second-order valence-electron chi connectivity index (χ2n) is 7.61. The first-order valence-corrected chi connectivity index (χ1v) is 11.4. The molecule has 1 fully saturated rings. The molecule has 1 aliphatic heterocycles. The Hall–Kier alpha value is -2.93. The molecule has 1 aromatic heterocycles. The van der Waals surface area contributed by atoms with E-state index in [2.05, 4.69) is 10.4 Å². The van der Waals surface area contributed by atoms with Gasteiger partial charge in [0.25, 0.3) is 5.91 Å². The molecule has 2 aromatic carbocycles. The van der Waals surface area contributed by atoms with E-state index in [0.29, 0.717) is 12.1 Å². The van der Waals surface area contributed by atoms with Gasteiger partial charge in [-0.3, -0.25) is 9.48 Å². The third kappa shape index (κ3) is 4.24. The highest BCUT2D eigenvalue weighted by Gasteiger charge is 2.32. The Morgan fingerprint density at radius 1 is 1.07 bits per heavy atom. The van der Waals surface area contributed by atoms with Gasteiger partial charge in [-0.1, -0.05) is 42.0 Å². The summed E-state index contributed by atoms with van der Waals surface area (Å²) in [5, 5.41) is 7.39. The van der Waals surface area contributed by atoms with Crippen LogP contribution in [-0.4, -0.2) is 35.6 Å². The fraction of sp³-hybridized carbons (Fsp3) is 0.273. The highest BCUT2D eigenvalue weighted by Crippen LogP contribution is 2.30. The monoisotopic (exact) mass is 409 g/mol. The van der Waals surface area contributed by atoms with Crippen molar-refractivity contribution in [1.82, 2.24) is 9.78 Å². The molecule has 0 saturated carbocycles. The van der Waals surface area contributed by atoms with Crippen molar-refractivity contribution >= 4 is 21.4 Å². The molecule has 1 N–H and O–H groups in total. The number of amides is 1. The summed E-state index contributed by atoms with van der Waals surface area (Å²) in [6.07, 6.45) is 0.502. The number of hydrogen-bond donors (Lipinski definition) is 1. The van der Waals surface area contributed by atoms with Crippen molar-refractivity contribution in [1.29, 1.82) is 0 Å². The first-order valence-electron chi connectivity index (χ1n) is 9.56. The summed E-state index contributed by atoms with van der Waals surface area (Å²) < 4.78 is 25.7. The number of carbonyl (C=O) groups excluding carboxylic acids is 1. The average molecular weight is 410 g/mol. The van der Waals surface area contributed by atoms with E-state index in [4.69, 9.17) is 0 Å². The quantitative estimate of drug-likeness (QED) is 0.711. The van der Waals surface area contributed by atoms with E-state index >= 15 is 0 Å². The second-order valence-corrected chi connectivity index (χ2v) is 9.83. The molecule has 29 heavy (non-hydrogen) atoms. The number of rotatable bonds is 4. The molecule has 0 unspecified atom stereocenters. The van der Waals surface area contributed by atoms with Crippen LogP contribution in [0.5, 0.6) is 0 Å². The topological polar surface area (TPSA) is 81.1 Å². The minimum Gasteiger partial charge on any atom is -0.321 e. The summed E-state index contributed by atoms with van der Waals surface area (Å²) in [7, 11) is -3.07. The van der Waals surface area contributed by atoms with Crippen molar-refractivity contribution in [3.63, 3.8) is 0 Å². The van der Waals surface area contributed by atoms with Crippen LogP contribution in [0.1, 0.15) is 34.1 Å². The maximum atomic E-state index is 12.8. The lowest BCUT2D eigenvalue weighted by Gasteiger charge is -2.13. The Kier molecular flexibility index (Phi) is 5.00. The molecule has 0 radical (unpaired) electrons. The van der Waals surface area contributed by atoms with E-state index in [1.54, 1.807) is 10.7 Å². The van der Waals surface area contributed by atoms with Gasteiger partial charge >= 0.3 is 0 Å². The lowest BCUT2D eigenvalue weighted by Crippen LogP contribution is -2.16. The largest absolute Gasteiger partial charge is 0.321 e. The minimum absolute atomic E-state index is 0.0481. The molecule has 7 heteroatoms. The number of carbonyl (C=O) groups is 1. The Morgan fingerprint density at radius 3 is 2.48 bits per heavy atom. The molecule has 0 bridgehead atoms. The summed E-state index contributed by atoms with van der Waals surface area (Å²) in [6, 6.07) is 16.9. The van der Waals surface area contributed by atoms with E-state index in [0.717, 1.165) is 22.4 Å². The lowest BCUT2D eigenvalue weighted by atomic mass is 10.1.